The second kappa shape index (κ2) is 5.27. The monoisotopic (exact) mass is 283 g/mol. The van der Waals surface area contributed by atoms with E-state index < -0.39 is 0 Å². The van der Waals surface area contributed by atoms with Gasteiger partial charge in [0.05, 0.1) is 28.0 Å². The highest BCUT2D eigenvalue weighted by atomic mass is 35.5. The first kappa shape index (κ1) is 12.6. The molecular formula is C15H10ClN3O. The topological polar surface area (TPSA) is 54.9 Å². The molecule has 0 fully saturated rings. The van der Waals surface area contributed by atoms with Gasteiger partial charge in [0.1, 0.15) is 0 Å². The van der Waals surface area contributed by atoms with Crippen LogP contribution in [0.3, 0.4) is 0 Å². The quantitative estimate of drug-likeness (QED) is 0.783. The minimum atomic E-state index is -0.238. The molecule has 1 amide bonds. The number of aromatic nitrogens is 2. The van der Waals surface area contributed by atoms with Crippen molar-refractivity contribution in [1.82, 2.24) is 9.97 Å². The number of hydrogen-bond donors (Lipinski definition) is 1. The van der Waals surface area contributed by atoms with E-state index in [-0.39, 0.29) is 5.91 Å². The SMILES string of the molecule is O=C(Nc1cccnc1)c1ccc(Cl)c2cccnc12. The summed E-state index contributed by atoms with van der Waals surface area (Å²) in [6.07, 6.45) is 4.87. The molecule has 0 atom stereocenters. The number of benzene rings is 1. The van der Waals surface area contributed by atoms with Crippen LogP contribution in [0.5, 0.6) is 0 Å². The number of nitrogens with one attached hydrogen (secondary N) is 1. The van der Waals surface area contributed by atoms with Crippen molar-refractivity contribution < 1.29 is 4.79 Å². The number of fused-ring (bicyclic) bond motifs is 1. The van der Waals surface area contributed by atoms with Gasteiger partial charge in [0.15, 0.2) is 0 Å². The molecule has 3 aromatic rings. The third-order valence-corrected chi connectivity index (χ3v) is 3.21. The van der Waals surface area contributed by atoms with E-state index in [2.05, 4.69) is 15.3 Å². The molecule has 4 nitrogen and oxygen atoms in total. The summed E-state index contributed by atoms with van der Waals surface area (Å²) in [5.41, 5.74) is 1.70. The molecule has 0 saturated heterocycles. The average Bonchev–Trinajstić information content (AvgIpc) is 2.49. The Labute approximate surface area is 120 Å². The predicted octanol–water partition coefficient (Wildman–Crippen LogP) is 3.54. The van der Waals surface area contributed by atoms with Crippen molar-refractivity contribution in [3.63, 3.8) is 0 Å². The lowest BCUT2D eigenvalue weighted by atomic mass is 10.1. The third kappa shape index (κ3) is 2.33. The number of rotatable bonds is 2. The van der Waals surface area contributed by atoms with Crippen molar-refractivity contribution in [2.75, 3.05) is 5.32 Å². The van der Waals surface area contributed by atoms with Crippen molar-refractivity contribution >= 4 is 34.1 Å². The van der Waals surface area contributed by atoms with Crippen LogP contribution in [0, 0.1) is 0 Å². The van der Waals surface area contributed by atoms with Crippen molar-refractivity contribution in [3.05, 3.63) is 65.6 Å². The summed E-state index contributed by atoms with van der Waals surface area (Å²) in [6, 6.07) is 10.5. The molecule has 0 bridgehead atoms. The van der Waals surface area contributed by atoms with Crippen LogP contribution in [-0.4, -0.2) is 15.9 Å². The standard InChI is InChI=1S/C15H10ClN3O/c16-13-6-5-12(14-11(13)4-2-8-18-14)15(20)19-10-3-1-7-17-9-10/h1-9H,(H,19,20). The summed E-state index contributed by atoms with van der Waals surface area (Å²) in [4.78, 5) is 20.5. The maximum Gasteiger partial charge on any atom is 0.257 e. The molecule has 98 valence electrons. The normalized spacial score (nSPS) is 10.4. The van der Waals surface area contributed by atoms with E-state index in [9.17, 15) is 4.79 Å². The maximum atomic E-state index is 12.3. The van der Waals surface area contributed by atoms with Gasteiger partial charge >= 0.3 is 0 Å². The highest BCUT2D eigenvalue weighted by molar-refractivity contribution is 6.36. The van der Waals surface area contributed by atoms with Crippen LogP contribution < -0.4 is 5.32 Å². The zero-order valence-electron chi connectivity index (χ0n) is 10.4. The van der Waals surface area contributed by atoms with Gasteiger partial charge in [-0.15, -0.1) is 0 Å². The first-order valence-electron chi connectivity index (χ1n) is 6.00. The number of carbonyl (C=O) groups excluding carboxylic acids is 1. The van der Waals surface area contributed by atoms with Gasteiger partial charge in [-0.25, -0.2) is 0 Å². The van der Waals surface area contributed by atoms with Gasteiger partial charge in [-0.05, 0) is 36.4 Å². The lowest BCUT2D eigenvalue weighted by Crippen LogP contribution is -2.12. The van der Waals surface area contributed by atoms with Crippen LogP contribution in [0.4, 0.5) is 5.69 Å². The highest BCUT2D eigenvalue weighted by Gasteiger charge is 2.13. The summed E-state index contributed by atoms with van der Waals surface area (Å²) >= 11 is 6.11. The average molecular weight is 284 g/mol. The van der Waals surface area contributed by atoms with Crippen molar-refractivity contribution in [1.29, 1.82) is 0 Å². The second-order valence-corrected chi connectivity index (χ2v) is 4.60. The number of halogens is 1. The van der Waals surface area contributed by atoms with Gasteiger partial charge in [-0.1, -0.05) is 11.6 Å². The van der Waals surface area contributed by atoms with E-state index in [0.717, 1.165) is 5.39 Å². The lowest BCUT2D eigenvalue weighted by Gasteiger charge is -2.08. The molecule has 0 aliphatic heterocycles. The number of anilines is 1. The maximum absolute atomic E-state index is 12.3. The number of pyridine rings is 2. The van der Waals surface area contributed by atoms with Crippen molar-refractivity contribution in [3.8, 4) is 0 Å². The van der Waals surface area contributed by atoms with Gasteiger partial charge < -0.3 is 5.32 Å². The molecule has 0 spiro atoms. The second-order valence-electron chi connectivity index (χ2n) is 4.19. The molecule has 0 radical (unpaired) electrons. The van der Waals surface area contributed by atoms with Gasteiger partial charge in [-0.2, -0.15) is 0 Å². The molecule has 1 N–H and O–H groups in total. The van der Waals surface area contributed by atoms with Crippen molar-refractivity contribution in [2.24, 2.45) is 0 Å². The van der Waals surface area contributed by atoms with Gasteiger partial charge in [0.2, 0.25) is 0 Å². The van der Waals surface area contributed by atoms with Gasteiger partial charge in [-0.3, -0.25) is 14.8 Å². The van der Waals surface area contributed by atoms with Gasteiger partial charge in [0, 0.05) is 17.8 Å². The summed E-state index contributed by atoms with van der Waals surface area (Å²) in [5, 5.41) is 4.12. The number of carbonyl (C=O) groups is 1. The predicted molar refractivity (Wildman–Crippen MR) is 78.9 cm³/mol. The van der Waals surface area contributed by atoms with Crippen LogP contribution in [0.15, 0.2) is 55.0 Å². The summed E-state index contributed by atoms with van der Waals surface area (Å²) in [6.45, 7) is 0. The first-order valence-corrected chi connectivity index (χ1v) is 6.38. The summed E-state index contributed by atoms with van der Waals surface area (Å²) < 4.78 is 0. The Bertz CT molecular complexity index is 774. The Morgan fingerprint density at radius 3 is 2.75 bits per heavy atom. The van der Waals surface area contributed by atoms with Crippen LogP contribution in [0.25, 0.3) is 10.9 Å². The Kier molecular flexibility index (Phi) is 3.31. The molecule has 0 aliphatic rings. The molecule has 1 aromatic carbocycles. The molecule has 2 aromatic heterocycles. The number of amides is 1. The Morgan fingerprint density at radius 2 is 1.95 bits per heavy atom. The minimum Gasteiger partial charge on any atom is -0.321 e. The van der Waals surface area contributed by atoms with E-state index in [1.165, 1.54) is 0 Å². The zero-order chi connectivity index (χ0) is 13.9. The molecule has 5 heteroatoms. The van der Waals surface area contributed by atoms with Gasteiger partial charge in [0.25, 0.3) is 5.91 Å². The lowest BCUT2D eigenvalue weighted by molar-refractivity contribution is 0.102. The van der Waals surface area contributed by atoms with E-state index in [4.69, 9.17) is 11.6 Å². The van der Waals surface area contributed by atoms with E-state index in [1.54, 1.807) is 48.9 Å². The smallest absolute Gasteiger partial charge is 0.257 e. The molecule has 0 aliphatic carbocycles. The summed E-state index contributed by atoms with van der Waals surface area (Å²) in [7, 11) is 0. The van der Waals surface area contributed by atoms with E-state index >= 15 is 0 Å². The van der Waals surface area contributed by atoms with Crippen LogP contribution in [0.2, 0.25) is 5.02 Å². The molecule has 0 saturated carbocycles. The number of hydrogen-bond acceptors (Lipinski definition) is 3. The van der Waals surface area contributed by atoms with Crippen LogP contribution >= 0.6 is 11.6 Å². The Hall–Kier alpha value is -2.46. The van der Waals surface area contributed by atoms with E-state index in [0.29, 0.717) is 21.8 Å². The Morgan fingerprint density at radius 1 is 1.10 bits per heavy atom. The molecule has 2 heterocycles. The molecule has 20 heavy (non-hydrogen) atoms. The van der Waals surface area contributed by atoms with E-state index in [1.807, 2.05) is 6.07 Å². The Balaban J connectivity index is 2.02. The number of nitrogens with zero attached hydrogens (tertiary/aromatic N) is 2. The fourth-order valence-corrected chi connectivity index (χ4v) is 2.17. The molecule has 3 rings (SSSR count). The van der Waals surface area contributed by atoms with Crippen LogP contribution in [0.1, 0.15) is 10.4 Å². The summed E-state index contributed by atoms with van der Waals surface area (Å²) in [5.74, 6) is -0.238. The minimum absolute atomic E-state index is 0.238. The zero-order valence-corrected chi connectivity index (χ0v) is 11.1. The third-order valence-electron chi connectivity index (χ3n) is 2.88. The van der Waals surface area contributed by atoms with Crippen molar-refractivity contribution in [2.45, 2.75) is 0 Å². The largest absolute Gasteiger partial charge is 0.321 e. The fourth-order valence-electron chi connectivity index (χ4n) is 1.96. The molecule has 0 unspecified atom stereocenters. The first-order chi connectivity index (χ1) is 9.75. The van der Waals surface area contributed by atoms with Crippen LogP contribution in [-0.2, 0) is 0 Å². The molecular weight excluding hydrogens is 274 g/mol. The fraction of sp³-hybridized carbons (Fsp3) is 0. The highest BCUT2D eigenvalue weighted by Crippen LogP contribution is 2.25.